The van der Waals surface area contributed by atoms with Crippen molar-refractivity contribution < 1.29 is 97.3 Å². The molecule has 3 aromatic carbocycles. The monoisotopic (exact) mass is 1150 g/mol. The second-order valence-corrected chi connectivity index (χ2v) is 19.6. The number of ether oxygens (including phenoxy) is 4. The zero-order valence-electron chi connectivity index (χ0n) is 43.6. The lowest BCUT2D eigenvalue weighted by molar-refractivity contribution is -0.271. The maximum Gasteiger partial charge on any atom is 0.409 e. The first-order chi connectivity index (χ1) is 38.7. The minimum atomic E-state index is -2.02. The van der Waals surface area contributed by atoms with Crippen molar-refractivity contribution in [3.63, 3.8) is 0 Å². The number of aliphatic hydroxyl groups excluding tert-OH is 4. The van der Waals surface area contributed by atoms with Gasteiger partial charge < -0.3 is 80.4 Å². The van der Waals surface area contributed by atoms with Gasteiger partial charge in [0.15, 0.2) is 12.3 Å². The summed E-state index contributed by atoms with van der Waals surface area (Å²) in [6, 6.07) is 12.8. The number of aliphatic carboxylic acids is 1. The molecule has 0 bridgehead atoms. The molecular formula is C52H61ClN8O20. The summed E-state index contributed by atoms with van der Waals surface area (Å²) < 4.78 is 22.1. The number of piperidine rings is 1. The van der Waals surface area contributed by atoms with Gasteiger partial charge in [0, 0.05) is 88.1 Å². The zero-order chi connectivity index (χ0) is 58.5. The lowest BCUT2D eigenvalue weighted by Crippen LogP contribution is -2.61. The lowest BCUT2D eigenvalue weighted by atomic mass is 9.99. The van der Waals surface area contributed by atoms with Gasteiger partial charge in [-0.05, 0) is 71.8 Å². The third-order valence-electron chi connectivity index (χ3n) is 13.3. The Hall–Kier alpha value is -7.99. The van der Waals surface area contributed by atoms with Crippen molar-refractivity contribution in [2.24, 2.45) is 0 Å². The van der Waals surface area contributed by atoms with E-state index in [1.165, 1.54) is 35.0 Å². The second-order valence-electron chi connectivity index (χ2n) is 19.2. The number of carbonyl (C=O) groups excluding carboxylic acids is 9. The first kappa shape index (κ1) is 60.6. The van der Waals surface area contributed by atoms with Crippen LogP contribution in [0.3, 0.4) is 0 Å². The molecule has 0 spiro atoms. The van der Waals surface area contributed by atoms with E-state index in [1.807, 2.05) is 0 Å². The van der Waals surface area contributed by atoms with Crippen LogP contribution in [0.1, 0.15) is 87.9 Å². The fourth-order valence-corrected chi connectivity index (χ4v) is 9.12. The Balaban J connectivity index is 0.830. The molecule has 3 fully saturated rings. The molecule has 10 N–H and O–H groups in total. The minimum Gasteiger partial charge on any atom is -0.479 e. The Labute approximate surface area is 466 Å². The van der Waals surface area contributed by atoms with Gasteiger partial charge in [0.25, 0.3) is 17.7 Å². The number of hydroxylamine groups is 2. The summed E-state index contributed by atoms with van der Waals surface area (Å²) >= 11 is 6.53. The number of carboxylic acid groups (broad SMARTS) is 1. The number of fused-ring (bicyclic) bond motifs is 1. The first-order valence-electron chi connectivity index (χ1n) is 25.7. The average molecular weight is 1150 g/mol. The van der Waals surface area contributed by atoms with Gasteiger partial charge >= 0.3 is 24.1 Å². The van der Waals surface area contributed by atoms with E-state index in [0.29, 0.717) is 33.3 Å². The minimum absolute atomic E-state index is 0.0282. The summed E-state index contributed by atoms with van der Waals surface area (Å²) in [5, 5.41) is 64.2. The highest BCUT2D eigenvalue weighted by Crippen LogP contribution is 2.30. The topological polar surface area (TPSA) is 388 Å². The molecule has 0 saturated carbocycles. The van der Waals surface area contributed by atoms with E-state index >= 15 is 0 Å². The highest BCUT2D eigenvalue weighted by atomic mass is 35.5. The standard InChI is InChI=1S/C52H61ClN8O20/c1-59(18-20-77-19-15-29-7-8-31(23-34(29)53)57-51(75)56-24-27-5-9-32-30(21-27)25-60(48(32)72)35-10-12-38(63)58-47(35)71)52(76)78-26-28-6-11-36(79-50-44(69)42(67)43(68)45(80-50)49(73)74)33(22-28)46(70)55-17-16-54-37(62)3-2-4-41(66)81-61-39(64)13-14-40(61)65/h5-9,11,21-23,35,39,42-45,50,64,67-69H,2-4,10,12-20,24-26H2,1H3,(H,54,62)(H,55,70)(H,73,74)(H2,56,57,75)(H,58,63,71)/t35?,39?,42-,43-,44+,45-,50+/m0/s1. The summed E-state index contributed by atoms with van der Waals surface area (Å²) in [7, 11) is 1.47. The van der Waals surface area contributed by atoms with Crippen molar-refractivity contribution in [3.05, 3.63) is 93.0 Å². The molecule has 7 atom stereocenters. The molecule has 2 unspecified atom stereocenters. The fraction of sp³-hybridized carbons (Fsp3) is 0.462. The number of nitrogens with one attached hydrogen (secondary N) is 5. The number of rotatable bonds is 24. The Morgan fingerprint density at radius 3 is 2.35 bits per heavy atom. The third-order valence-corrected chi connectivity index (χ3v) is 13.7. The third kappa shape index (κ3) is 16.1. The number of carbonyl (C=O) groups is 10. The molecule has 7 rings (SSSR count). The van der Waals surface area contributed by atoms with Crippen LogP contribution in [-0.2, 0) is 73.9 Å². The Kier molecular flexibility index (Phi) is 20.9. The molecule has 0 aliphatic carbocycles. The van der Waals surface area contributed by atoms with Crippen molar-refractivity contribution in [2.75, 3.05) is 45.2 Å². The van der Waals surface area contributed by atoms with Crippen LogP contribution in [0.15, 0.2) is 54.6 Å². The molecular weight excluding hydrogens is 1090 g/mol. The number of amides is 9. The number of benzene rings is 3. The van der Waals surface area contributed by atoms with Crippen LogP contribution < -0.4 is 31.3 Å². The molecule has 81 heavy (non-hydrogen) atoms. The number of anilines is 1. The van der Waals surface area contributed by atoms with E-state index in [2.05, 4.69) is 26.6 Å². The van der Waals surface area contributed by atoms with Crippen LogP contribution in [0.4, 0.5) is 15.3 Å². The summed E-state index contributed by atoms with van der Waals surface area (Å²) in [6.45, 7) is 0.157. The summed E-state index contributed by atoms with van der Waals surface area (Å²) in [5.74, 6) is -5.77. The Morgan fingerprint density at radius 1 is 0.852 bits per heavy atom. The van der Waals surface area contributed by atoms with E-state index in [0.717, 1.165) is 11.1 Å². The SMILES string of the molecule is CN(CCOCCc1ccc(NC(=O)NCc2ccc3c(c2)CN(C2CCC(=O)NC2=O)C3=O)cc1Cl)C(=O)OCc1ccc(O[C@@H]2O[C@H](C(=O)O)[C@@H](O)[C@H](O)[C@H]2O)c(C(=O)NCCNC(=O)CCCC(=O)ON2C(=O)CCC2O)c1. The van der Waals surface area contributed by atoms with Gasteiger partial charge in [-0.15, -0.1) is 5.06 Å². The van der Waals surface area contributed by atoms with Crippen molar-refractivity contribution in [2.45, 2.75) is 114 Å². The fourth-order valence-electron chi connectivity index (χ4n) is 8.85. The molecule has 3 aromatic rings. The van der Waals surface area contributed by atoms with Crippen LogP contribution in [0.5, 0.6) is 5.75 Å². The van der Waals surface area contributed by atoms with E-state index in [1.54, 1.807) is 36.4 Å². The van der Waals surface area contributed by atoms with E-state index in [9.17, 15) is 73.5 Å². The highest BCUT2D eigenvalue weighted by molar-refractivity contribution is 6.31. The smallest absolute Gasteiger partial charge is 0.409 e. The molecule has 9 amide bonds. The van der Waals surface area contributed by atoms with Crippen molar-refractivity contribution in [1.29, 1.82) is 0 Å². The molecule has 28 nitrogen and oxygen atoms in total. The number of carboxylic acids is 1. The summed E-state index contributed by atoms with van der Waals surface area (Å²) in [6.07, 6.45) is -11.3. The van der Waals surface area contributed by atoms with Gasteiger partial charge in [0.2, 0.25) is 24.0 Å². The molecule has 0 aromatic heterocycles. The van der Waals surface area contributed by atoms with E-state index < -0.39 is 90.7 Å². The maximum atomic E-state index is 13.6. The first-order valence-corrected chi connectivity index (χ1v) is 26.1. The number of hydrogen-bond donors (Lipinski definition) is 10. The van der Waals surface area contributed by atoms with E-state index in [-0.39, 0.29) is 126 Å². The number of hydrogen-bond acceptors (Lipinski definition) is 19. The van der Waals surface area contributed by atoms with Crippen LogP contribution in [0.25, 0.3) is 0 Å². The summed E-state index contributed by atoms with van der Waals surface area (Å²) in [4.78, 5) is 132. The van der Waals surface area contributed by atoms with Gasteiger partial charge in [0.1, 0.15) is 36.7 Å². The lowest BCUT2D eigenvalue weighted by Gasteiger charge is -2.38. The van der Waals surface area contributed by atoms with Gasteiger partial charge in [0.05, 0.1) is 18.8 Å². The van der Waals surface area contributed by atoms with Crippen LogP contribution in [-0.4, -0.2) is 183 Å². The molecule has 436 valence electrons. The normalized spacial score (nSPS) is 21.4. The van der Waals surface area contributed by atoms with Crippen LogP contribution in [0.2, 0.25) is 5.02 Å². The molecule has 3 saturated heterocycles. The number of halogens is 1. The van der Waals surface area contributed by atoms with E-state index in [4.69, 9.17) is 35.4 Å². The largest absolute Gasteiger partial charge is 0.479 e. The summed E-state index contributed by atoms with van der Waals surface area (Å²) in [5.41, 5.74) is 3.06. The van der Waals surface area contributed by atoms with Gasteiger partial charge in [-0.3, -0.25) is 34.1 Å². The zero-order valence-corrected chi connectivity index (χ0v) is 44.4. The predicted octanol–water partition coefficient (Wildman–Crippen LogP) is -0.0633. The maximum absolute atomic E-state index is 13.6. The number of imide groups is 1. The highest BCUT2D eigenvalue weighted by Gasteiger charge is 2.48. The van der Waals surface area contributed by atoms with Gasteiger partial charge in [-0.25, -0.2) is 19.2 Å². The van der Waals surface area contributed by atoms with Crippen LogP contribution >= 0.6 is 11.6 Å². The number of aliphatic hydroxyl groups is 4. The molecule has 29 heteroatoms. The number of nitrogens with zero attached hydrogens (tertiary/aromatic N) is 3. The van der Waals surface area contributed by atoms with Crippen molar-refractivity contribution in [1.82, 2.24) is 36.1 Å². The predicted molar refractivity (Wildman–Crippen MR) is 276 cm³/mol. The quantitative estimate of drug-likeness (QED) is 0.0415. The number of likely N-dealkylation sites (N-methyl/N-ethyl adjacent to an activating group) is 1. The average Bonchev–Trinajstić information content (AvgIpc) is 4.19. The van der Waals surface area contributed by atoms with Gasteiger partial charge in [-0.2, -0.15) is 0 Å². The van der Waals surface area contributed by atoms with Crippen LogP contribution in [0, 0.1) is 0 Å². The molecule has 4 aliphatic heterocycles. The number of urea groups is 1. The second kappa shape index (κ2) is 27.9. The Morgan fingerprint density at radius 2 is 1.62 bits per heavy atom. The molecule has 4 aliphatic rings. The Bertz CT molecular complexity index is 2890. The molecule has 0 radical (unpaired) electrons. The van der Waals surface area contributed by atoms with Gasteiger partial charge in [-0.1, -0.05) is 35.9 Å². The van der Waals surface area contributed by atoms with Crippen molar-refractivity contribution in [3.8, 4) is 5.75 Å². The molecule has 4 heterocycles. The van der Waals surface area contributed by atoms with Crippen molar-refractivity contribution >= 4 is 76.8 Å².